The molecular formula is C22H25N3O3S. The van der Waals surface area contributed by atoms with Crippen molar-refractivity contribution < 1.29 is 14.3 Å². The predicted octanol–water partition coefficient (Wildman–Crippen LogP) is 4.21. The summed E-state index contributed by atoms with van der Waals surface area (Å²) >= 11 is 5.19. The minimum absolute atomic E-state index is 0.0907. The topological polar surface area (TPSA) is 79.5 Å². The lowest BCUT2D eigenvalue weighted by Crippen LogP contribution is -2.32. The number of hydrogen-bond donors (Lipinski definition) is 3. The van der Waals surface area contributed by atoms with Gasteiger partial charge in [-0.1, -0.05) is 45.0 Å². The number of benzene rings is 2. The maximum atomic E-state index is 12.1. The SMILES string of the molecule is COc1ccccc1/C=C/C(=O)NC(=S)Nc1cccc(NC(=O)C(C)(C)C)c1. The standard InChI is InChI=1S/C22H25N3O3S/c1-22(2,3)20(27)23-16-9-7-10-17(14-16)24-21(29)25-19(26)13-12-15-8-5-6-11-18(15)28-4/h5-14H,1-4H3,(H,23,27)(H2,24,25,26,29)/b13-12+. The van der Waals surface area contributed by atoms with E-state index in [1.165, 1.54) is 6.08 Å². The summed E-state index contributed by atoms with van der Waals surface area (Å²) in [6, 6.07) is 14.5. The van der Waals surface area contributed by atoms with E-state index in [0.29, 0.717) is 17.1 Å². The van der Waals surface area contributed by atoms with E-state index in [2.05, 4.69) is 16.0 Å². The zero-order chi connectivity index (χ0) is 21.4. The third-order valence-corrected chi connectivity index (χ3v) is 4.05. The number of anilines is 2. The number of ether oxygens (including phenoxy) is 1. The Balaban J connectivity index is 1.95. The lowest BCUT2D eigenvalue weighted by molar-refractivity contribution is -0.123. The minimum atomic E-state index is -0.500. The van der Waals surface area contributed by atoms with E-state index in [0.717, 1.165) is 5.56 Å². The fraction of sp³-hybridized carbons (Fsp3) is 0.227. The van der Waals surface area contributed by atoms with Crippen LogP contribution < -0.4 is 20.7 Å². The third-order valence-electron chi connectivity index (χ3n) is 3.85. The molecule has 0 fully saturated rings. The number of carbonyl (C=O) groups excluding carboxylic acids is 2. The van der Waals surface area contributed by atoms with E-state index in [4.69, 9.17) is 17.0 Å². The highest BCUT2D eigenvalue weighted by Gasteiger charge is 2.21. The number of rotatable bonds is 5. The summed E-state index contributed by atoms with van der Waals surface area (Å²) in [5.41, 5.74) is 1.57. The van der Waals surface area contributed by atoms with Crippen LogP contribution in [0.1, 0.15) is 26.3 Å². The Hall–Kier alpha value is -3.19. The van der Waals surface area contributed by atoms with Crippen LogP contribution in [0, 0.1) is 5.41 Å². The molecule has 2 rings (SSSR count). The molecule has 0 aliphatic rings. The van der Waals surface area contributed by atoms with Crippen molar-refractivity contribution in [3.8, 4) is 5.75 Å². The molecule has 0 radical (unpaired) electrons. The number of thiocarbonyl (C=S) groups is 1. The smallest absolute Gasteiger partial charge is 0.250 e. The minimum Gasteiger partial charge on any atom is -0.496 e. The Morgan fingerprint density at radius 1 is 1.00 bits per heavy atom. The summed E-state index contributed by atoms with van der Waals surface area (Å²) in [6.45, 7) is 5.52. The Labute approximate surface area is 176 Å². The van der Waals surface area contributed by atoms with Crippen molar-refractivity contribution in [3.63, 3.8) is 0 Å². The van der Waals surface area contributed by atoms with Gasteiger partial charge in [0.25, 0.3) is 0 Å². The summed E-state index contributed by atoms with van der Waals surface area (Å²) in [5.74, 6) is 0.212. The molecular weight excluding hydrogens is 386 g/mol. The van der Waals surface area contributed by atoms with Gasteiger partial charge in [-0.2, -0.15) is 0 Å². The van der Waals surface area contributed by atoms with Crippen LogP contribution in [0.15, 0.2) is 54.6 Å². The Kier molecular flexibility index (Phi) is 7.50. The van der Waals surface area contributed by atoms with E-state index in [9.17, 15) is 9.59 Å². The Morgan fingerprint density at radius 2 is 1.66 bits per heavy atom. The number of nitrogens with one attached hydrogen (secondary N) is 3. The molecule has 0 aliphatic carbocycles. The lowest BCUT2D eigenvalue weighted by Gasteiger charge is -2.18. The molecule has 0 atom stereocenters. The van der Waals surface area contributed by atoms with Gasteiger partial charge in [0.15, 0.2) is 5.11 Å². The summed E-state index contributed by atoms with van der Waals surface area (Å²) in [6.07, 6.45) is 3.03. The molecule has 2 amide bonds. The molecule has 152 valence electrons. The van der Waals surface area contributed by atoms with Crippen LogP contribution in [0.4, 0.5) is 11.4 Å². The molecule has 0 heterocycles. The van der Waals surface area contributed by atoms with Crippen LogP contribution in [-0.4, -0.2) is 24.0 Å². The van der Waals surface area contributed by atoms with Gasteiger partial charge in [-0.05, 0) is 42.6 Å². The largest absolute Gasteiger partial charge is 0.496 e. The number of amides is 2. The second kappa shape index (κ2) is 9.84. The summed E-state index contributed by atoms with van der Waals surface area (Å²) in [4.78, 5) is 24.2. The third kappa shape index (κ3) is 7.04. The molecule has 0 aliphatic heterocycles. The monoisotopic (exact) mass is 411 g/mol. The summed E-state index contributed by atoms with van der Waals surface area (Å²) < 4.78 is 5.25. The molecule has 7 heteroatoms. The fourth-order valence-electron chi connectivity index (χ4n) is 2.28. The molecule has 2 aromatic rings. The molecule has 0 aromatic heterocycles. The van der Waals surface area contributed by atoms with Gasteiger partial charge in [-0.3, -0.25) is 14.9 Å². The van der Waals surface area contributed by atoms with Crippen LogP contribution in [-0.2, 0) is 9.59 Å². The molecule has 0 bridgehead atoms. The van der Waals surface area contributed by atoms with Crippen molar-refractivity contribution in [2.45, 2.75) is 20.8 Å². The molecule has 2 aromatic carbocycles. The van der Waals surface area contributed by atoms with Gasteiger partial charge in [0.05, 0.1) is 7.11 Å². The number of carbonyl (C=O) groups is 2. The van der Waals surface area contributed by atoms with E-state index in [1.807, 2.05) is 45.0 Å². The average Bonchev–Trinajstić information content (AvgIpc) is 2.66. The zero-order valence-corrected chi connectivity index (χ0v) is 17.7. The van der Waals surface area contributed by atoms with Gasteiger partial charge >= 0.3 is 0 Å². The molecule has 0 unspecified atom stereocenters. The van der Waals surface area contributed by atoms with Crippen molar-refractivity contribution in [1.82, 2.24) is 5.32 Å². The van der Waals surface area contributed by atoms with E-state index >= 15 is 0 Å². The van der Waals surface area contributed by atoms with Crippen molar-refractivity contribution >= 4 is 46.6 Å². The van der Waals surface area contributed by atoms with E-state index in [1.54, 1.807) is 37.5 Å². The quantitative estimate of drug-likeness (QED) is 0.507. The zero-order valence-electron chi connectivity index (χ0n) is 16.9. The Bertz CT molecular complexity index is 933. The van der Waals surface area contributed by atoms with Gasteiger partial charge in [-0.15, -0.1) is 0 Å². The first-order valence-corrected chi connectivity index (χ1v) is 9.44. The highest BCUT2D eigenvalue weighted by atomic mass is 32.1. The highest BCUT2D eigenvalue weighted by molar-refractivity contribution is 7.80. The molecule has 0 saturated carbocycles. The van der Waals surface area contributed by atoms with Gasteiger partial charge in [-0.25, -0.2) is 0 Å². The average molecular weight is 412 g/mol. The Morgan fingerprint density at radius 3 is 2.31 bits per heavy atom. The number of para-hydroxylation sites is 1. The van der Waals surface area contributed by atoms with Crippen molar-refractivity contribution in [2.75, 3.05) is 17.7 Å². The highest BCUT2D eigenvalue weighted by Crippen LogP contribution is 2.20. The molecule has 29 heavy (non-hydrogen) atoms. The molecule has 6 nitrogen and oxygen atoms in total. The first-order chi connectivity index (χ1) is 13.7. The van der Waals surface area contributed by atoms with Gasteiger partial charge in [0.1, 0.15) is 5.75 Å². The van der Waals surface area contributed by atoms with E-state index < -0.39 is 5.41 Å². The maximum absolute atomic E-state index is 12.1. The van der Waals surface area contributed by atoms with Crippen LogP contribution in [0.3, 0.4) is 0 Å². The van der Waals surface area contributed by atoms with Crippen LogP contribution in [0.5, 0.6) is 5.75 Å². The van der Waals surface area contributed by atoms with Crippen molar-refractivity contribution in [3.05, 3.63) is 60.2 Å². The van der Waals surface area contributed by atoms with Gasteiger partial charge < -0.3 is 15.4 Å². The number of methoxy groups -OCH3 is 1. The number of hydrogen-bond acceptors (Lipinski definition) is 4. The van der Waals surface area contributed by atoms with Crippen LogP contribution in [0.2, 0.25) is 0 Å². The van der Waals surface area contributed by atoms with Crippen LogP contribution >= 0.6 is 12.2 Å². The molecule has 0 spiro atoms. The fourth-order valence-corrected chi connectivity index (χ4v) is 2.50. The van der Waals surface area contributed by atoms with Gasteiger partial charge in [0, 0.05) is 28.4 Å². The van der Waals surface area contributed by atoms with Crippen molar-refractivity contribution in [1.29, 1.82) is 0 Å². The molecule has 3 N–H and O–H groups in total. The first kappa shape index (κ1) is 22.1. The summed E-state index contributed by atoms with van der Waals surface area (Å²) in [7, 11) is 1.57. The lowest BCUT2D eigenvalue weighted by atomic mass is 9.95. The van der Waals surface area contributed by atoms with Crippen molar-refractivity contribution in [2.24, 2.45) is 5.41 Å². The molecule has 0 saturated heterocycles. The predicted molar refractivity (Wildman–Crippen MR) is 121 cm³/mol. The summed E-state index contributed by atoms with van der Waals surface area (Å²) in [5, 5.41) is 8.53. The second-order valence-corrected chi connectivity index (χ2v) is 7.71. The van der Waals surface area contributed by atoms with Crippen LogP contribution in [0.25, 0.3) is 6.08 Å². The first-order valence-electron chi connectivity index (χ1n) is 9.03. The van der Waals surface area contributed by atoms with E-state index in [-0.39, 0.29) is 16.9 Å². The second-order valence-electron chi connectivity index (χ2n) is 7.30. The maximum Gasteiger partial charge on any atom is 0.250 e. The normalized spacial score (nSPS) is 11.0. The van der Waals surface area contributed by atoms with Gasteiger partial charge in [0.2, 0.25) is 11.8 Å².